The lowest BCUT2D eigenvalue weighted by atomic mass is 10.1. The lowest BCUT2D eigenvalue weighted by molar-refractivity contribution is 0.280. The molecule has 28 heavy (non-hydrogen) atoms. The van der Waals surface area contributed by atoms with Crippen molar-refractivity contribution >= 4 is 24.0 Å². The molecule has 0 spiro atoms. The fourth-order valence-corrected chi connectivity index (χ4v) is 3.01. The molecule has 0 saturated heterocycles. The lowest BCUT2D eigenvalue weighted by Crippen LogP contribution is -2.18. The van der Waals surface area contributed by atoms with Crippen molar-refractivity contribution in [3.63, 3.8) is 0 Å². The van der Waals surface area contributed by atoms with Gasteiger partial charge in [0.05, 0.1) is 7.11 Å². The summed E-state index contributed by atoms with van der Waals surface area (Å²) in [5.41, 5.74) is 3.37. The van der Waals surface area contributed by atoms with Gasteiger partial charge in [0.1, 0.15) is 6.61 Å². The Morgan fingerprint density at radius 3 is 2.32 bits per heavy atom. The zero-order valence-corrected chi connectivity index (χ0v) is 17.6. The van der Waals surface area contributed by atoms with E-state index in [2.05, 4.69) is 42.6 Å². The highest BCUT2D eigenvalue weighted by molar-refractivity contribution is 6.30. The standard InChI is InChI=1S/C23H24ClNO2.ClH/c1-17(19-7-4-3-5-8-19)25-15-20-9-6-10-22(26-2)23(20)27-16-18-11-13-21(24)14-12-18;/h3-14,17,25H,15-16H2,1-2H3;1H. The van der Waals surface area contributed by atoms with Gasteiger partial charge in [0, 0.05) is 23.2 Å². The Morgan fingerprint density at radius 2 is 1.64 bits per heavy atom. The molecule has 0 fully saturated rings. The fourth-order valence-electron chi connectivity index (χ4n) is 2.88. The number of para-hydroxylation sites is 1. The normalized spacial score (nSPS) is 11.4. The van der Waals surface area contributed by atoms with Crippen molar-refractivity contribution in [3.8, 4) is 11.5 Å². The zero-order chi connectivity index (χ0) is 19.1. The molecule has 1 unspecified atom stereocenters. The molecular formula is C23H25Cl2NO2. The third-order valence-corrected chi connectivity index (χ3v) is 4.73. The zero-order valence-electron chi connectivity index (χ0n) is 16.0. The van der Waals surface area contributed by atoms with E-state index < -0.39 is 0 Å². The minimum Gasteiger partial charge on any atom is -0.493 e. The van der Waals surface area contributed by atoms with Crippen LogP contribution < -0.4 is 14.8 Å². The number of nitrogens with one attached hydrogen (secondary N) is 1. The van der Waals surface area contributed by atoms with Crippen LogP contribution in [0, 0.1) is 0 Å². The highest BCUT2D eigenvalue weighted by Crippen LogP contribution is 2.32. The Balaban J connectivity index is 0.00000280. The molecule has 3 rings (SSSR count). The molecule has 0 amide bonds. The summed E-state index contributed by atoms with van der Waals surface area (Å²) in [5, 5.41) is 4.28. The molecule has 0 saturated carbocycles. The van der Waals surface area contributed by atoms with Crippen LogP contribution in [0.4, 0.5) is 0 Å². The Hall–Kier alpha value is -2.20. The second-order valence-corrected chi connectivity index (χ2v) is 6.81. The summed E-state index contributed by atoms with van der Waals surface area (Å²) in [5.74, 6) is 1.50. The lowest BCUT2D eigenvalue weighted by Gasteiger charge is -2.18. The van der Waals surface area contributed by atoms with Crippen LogP contribution in [0.15, 0.2) is 72.8 Å². The van der Waals surface area contributed by atoms with Gasteiger partial charge in [-0.25, -0.2) is 0 Å². The second kappa shape index (κ2) is 11.0. The first-order valence-electron chi connectivity index (χ1n) is 8.99. The molecule has 1 N–H and O–H groups in total. The van der Waals surface area contributed by atoms with Gasteiger partial charge in [-0.3, -0.25) is 0 Å². The average molecular weight is 418 g/mol. The highest BCUT2D eigenvalue weighted by atomic mass is 35.5. The number of hydrogen-bond donors (Lipinski definition) is 1. The van der Waals surface area contributed by atoms with Crippen molar-refractivity contribution < 1.29 is 9.47 Å². The van der Waals surface area contributed by atoms with E-state index in [0.717, 1.165) is 27.6 Å². The first kappa shape index (κ1) is 22.1. The Bertz CT molecular complexity index is 854. The van der Waals surface area contributed by atoms with Gasteiger partial charge in [-0.2, -0.15) is 0 Å². The van der Waals surface area contributed by atoms with Gasteiger partial charge in [0.25, 0.3) is 0 Å². The first-order chi connectivity index (χ1) is 13.2. The molecule has 0 heterocycles. The van der Waals surface area contributed by atoms with Crippen molar-refractivity contribution in [3.05, 3.63) is 94.5 Å². The van der Waals surface area contributed by atoms with Crippen molar-refractivity contribution in [2.45, 2.75) is 26.1 Å². The van der Waals surface area contributed by atoms with Crippen LogP contribution in [0.2, 0.25) is 5.02 Å². The SMILES string of the molecule is COc1cccc(CNC(C)c2ccccc2)c1OCc1ccc(Cl)cc1.Cl. The summed E-state index contributed by atoms with van der Waals surface area (Å²) < 4.78 is 11.6. The maximum absolute atomic E-state index is 6.12. The molecule has 0 bridgehead atoms. The number of methoxy groups -OCH3 is 1. The Kier molecular flexibility index (Phi) is 8.65. The van der Waals surface area contributed by atoms with Crippen LogP contribution in [0.3, 0.4) is 0 Å². The minimum atomic E-state index is 0. The monoisotopic (exact) mass is 417 g/mol. The van der Waals surface area contributed by atoms with Gasteiger partial charge < -0.3 is 14.8 Å². The average Bonchev–Trinajstić information content (AvgIpc) is 2.72. The first-order valence-corrected chi connectivity index (χ1v) is 9.36. The van der Waals surface area contributed by atoms with E-state index in [-0.39, 0.29) is 18.4 Å². The molecule has 0 aromatic heterocycles. The van der Waals surface area contributed by atoms with Crippen LogP contribution in [-0.2, 0) is 13.2 Å². The molecule has 3 aromatic rings. The minimum absolute atomic E-state index is 0. The van der Waals surface area contributed by atoms with E-state index in [0.29, 0.717) is 13.2 Å². The van der Waals surface area contributed by atoms with Crippen LogP contribution in [0.1, 0.15) is 29.7 Å². The summed E-state index contributed by atoms with van der Waals surface area (Å²) in [4.78, 5) is 0. The second-order valence-electron chi connectivity index (χ2n) is 6.38. The molecule has 0 radical (unpaired) electrons. The third kappa shape index (κ3) is 5.90. The van der Waals surface area contributed by atoms with Gasteiger partial charge in [-0.1, -0.05) is 66.2 Å². The molecular weight excluding hydrogens is 393 g/mol. The van der Waals surface area contributed by atoms with Crippen LogP contribution in [0.5, 0.6) is 11.5 Å². The van der Waals surface area contributed by atoms with Crippen molar-refractivity contribution in [2.24, 2.45) is 0 Å². The molecule has 0 aliphatic heterocycles. The van der Waals surface area contributed by atoms with Crippen LogP contribution >= 0.6 is 24.0 Å². The van der Waals surface area contributed by atoms with Crippen LogP contribution in [-0.4, -0.2) is 7.11 Å². The predicted molar refractivity (Wildman–Crippen MR) is 118 cm³/mol. The largest absolute Gasteiger partial charge is 0.493 e. The van der Waals surface area contributed by atoms with Gasteiger partial charge in [0.2, 0.25) is 0 Å². The van der Waals surface area contributed by atoms with Crippen molar-refractivity contribution in [1.29, 1.82) is 0 Å². The predicted octanol–water partition coefficient (Wildman–Crippen LogP) is 6.20. The maximum Gasteiger partial charge on any atom is 0.166 e. The number of hydrogen-bond acceptors (Lipinski definition) is 3. The van der Waals surface area contributed by atoms with E-state index >= 15 is 0 Å². The maximum atomic E-state index is 6.12. The molecule has 3 nitrogen and oxygen atoms in total. The molecule has 0 aliphatic rings. The third-order valence-electron chi connectivity index (χ3n) is 4.48. The summed E-state index contributed by atoms with van der Waals surface area (Å²) in [6.07, 6.45) is 0. The Labute approximate surface area is 178 Å². The van der Waals surface area contributed by atoms with Gasteiger partial charge in [-0.15, -0.1) is 12.4 Å². The molecule has 3 aromatic carbocycles. The number of rotatable bonds is 8. The molecule has 1 atom stereocenters. The quantitative estimate of drug-likeness (QED) is 0.473. The Morgan fingerprint density at radius 1 is 0.929 bits per heavy atom. The summed E-state index contributed by atoms with van der Waals surface area (Å²) in [6.45, 7) is 3.30. The van der Waals surface area contributed by atoms with Crippen molar-refractivity contribution in [1.82, 2.24) is 5.32 Å². The van der Waals surface area contributed by atoms with E-state index in [1.54, 1.807) is 7.11 Å². The topological polar surface area (TPSA) is 30.5 Å². The van der Waals surface area contributed by atoms with Crippen molar-refractivity contribution in [2.75, 3.05) is 7.11 Å². The summed E-state index contributed by atoms with van der Waals surface area (Å²) in [7, 11) is 1.66. The fraction of sp³-hybridized carbons (Fsp3) is 0.217. The smallest absolute Gasteiger partial charge is 0.166 e. The van der Waals surface area contributed by atoms with Crippen LogP contribution in [0.25, 0.3) is 0 Å². The number of benzene rings is 3. The molecule has 0 aliphatic carbocycles. The number of ether oxygens (including phenoxy) is 2. The van der Waals surface area contributed by atoms with E-state index in [1.807, 2.05) is 42.5 Å². The van der Waals surface area contributed by atoms with E-state index in [1.165, 1.54) is 5.56 Å². The van der Waals surface area contributed by atoms with Gasteiger partial charge in [-0.05, 0) is 36.2 Å². The molecule has 148 valence electrons. The summed E-state index contributed by atoms with van der Waals surface area (Å²) >= 11 is 5.95. The number of halogens is 2. The summed E-state index contributed by atoms with van der Waals surface area (Å²) in [6, 6.07) is 24.3. The molecule has 5 heteroatoms. The van der Waals surface area contributed by atoms with E-state index in [4.69, 9.17) is 21.1 Å². The van der Waals surface area contributed by atoms with Gasteiger partial charge in [0.15, 0.2) is 11.5 Å². The van der Waals surface area contributed by atoms with E-state index in [9.17, 15) is 0 Å². The highest BCUT2D eigenvalue weighted by Gasteiger charge is 2.12. The van der Waals surface area contributed by atoms with Gasteiger partial charge >= 0.3 is 0 Å².